The molecule has 0 radical (unpaired) electrons. The normalized spacial score (nSPS) is 18.3. The van der Waals surface area contributed by atoms with Crippen molar-refractivity contribution in [2.75, 3.05) is 23.7 Å². The molecule has 0 atom stereocenters. The average molecular weight is 276 g/mol. The summed E-state index contributed by atoms with van der Waals surface area (Å²) in [6, 6.07) is 2.10. The SMILES string of the molecule is CCC1(CC)CCN(c2nc(N)nc3sccc23)C1. The molecular formula is C14H20N4S. The van der Waals surface area contributed by atoms with Crippen molar-refractivity contribution in [3.05, 3.63) is 11.4 Å². The van der Waals surface area contributed by atoms with Crippen LogP contribution in [0.1, 0.15) is 33.1 Å². The Kier molecular flexibility index (Phi) is 3.09. The van der Waals surface area contributed by atoms with Crippen molar-refractivity contribution < 1.29 is 0 Å². The third-order valence-electron chi connectivity index (χ3n) is 4.56. The van der Waals surface area contributed by atoms with Crippen LogP contribution < -0.4 is 10.6 Å². The van der Waals surface area contributed by atoms with Crippen LogP contribution in [0.25, 0.3) is 10.2 Å². The monoisotopic (exact) mass is 276 g/mol. The van der Waals surface area contributed by atoms with E-state index in [4.69, 9.17) is 5.73 Å². The molecule has 0 amide bonds. The van der Waals surface area contributed by atoms with Gasteiger partial charge in [0.05, 0.1) is 5.39 Å². The maximum atomic E-state index is 5.84. The Morgan fingerprint density at radius 1 is 1.37 bits per heavy atom. The van der Waals surface area contributed by atoms with E-state index in [0.29, 0.717) is 11.4 Å². The van der Waals surface area contributed by atoms with E-state index in [1.54, 1.807) is 11.3 Å². The third-order valence-corrected chi connectivity index (χ3v) is 5.37. The largest absolute Gasteiger partial charge is 0.368 e. The van der Waals surface area contributed by atoms with Crippen molar-refractivity contribution >= 4 is 33.3 Å². The summed E-state index contributed by atoms with van der Waals surface area (Å²) in [7, 11) is 0. The van der Waals surface area contributed by atoms with Crippen LogP contribution in [0.2, 0.25) is 0 Å². The second-order valence-corrected chi connectivity index (χ2v) is 6.32. The summed E-state index contributed by atoms with van der Waals surface area (Å²) in [5, 5.41) is 3.20. The van der Waals surface area contributed by atoms with Crippen molar-refractivity contribution in [2.24, 2.45) is 5.41 Å². The van der Waals surface area contributed by atoms with Gasteiger partial charge in [-0.25, -0.2) is 4.98 Å². The van der Waals surface area contributed by atoms with E-state index in [2.05, 4.69) is 40.2 Å². The van der Waals surface area contributed by atoms with Crippen LogP contribution in [0.4, 0.5) is 11.8 Å². The zero-order chi connectivity index (χ0) is 13.5. The molecule has 0 aliphatic carbocycles. The first-order valence-corrected chi connectivity index (χ1v) is 7.81. The first-order valence-electron chi connectivity index (χ1n) is 6.93. The van der Waals surface area contributed by atoms with Crippen LogP contribution >= 0.6 is 11.3 Å². The average Bonchev–Trinajstić information content (AvgIpc) is 3.04. The topological polar surface area (TPSA) is 55.0 Å². The van der Waals surface area contributed by atoms with Gasteiger partial charge in [0, 0.05) is 13.1 Å². The molecule has 2 N–H and O–H groups in total. The molecule has 0 saturated carbocycles. The van der Waals surface area contributed by atoms with Crippen molar-refractivity contribution in [3.63, 3.8) is 0 Å². The maximum absolute atomic E-state index is 5.84. The maximum Gasteiger partial charge on any atom is 0.223 e. The van der Waals surface area contributed by atoms with Gasteiger partial charge in [0.15, 0.2) is 0 Å². The molecule has 1 aliphatic heterocycles. The molecule has 2 aromatic rings. The molecule has 1 aliphatic rings. The molecule has 5 heteroatoms. The summed E-state index contributed by atoms with van der Waals surface area (Å²) in [5.41, 5.74) is 6.29. The molecule has 1 fully saturated rings. The molecule has 4 nitrogen and oxygen atoms in total. The second-order valence-electron chi connectivity index (χ2n) is 5.42. The van der Waals surface area contributed by atoms with Crippen LogP contribution in [-0.2, 0) is 0 Å². The summed E-state index contributed by atoms with van der Waals surface area (Å²) >= 11 is 1.63. The van der Waals surface area contributed by atoms with Gasteiger partial charge in [-0.2, -0.15) is 4.98 Å². The zero-order valence-corrected chi connectivity index (χ0v) is 12.3. The molecule has 0 unspecified atom stereocenters. The fourth-order valence-electron chi connectivity index (χ4n) is 3.04. The first-order chi connectivity index (χ1) is 9.17. The molecule has 2 aromatic heterocycles. The molecule has 3 rings (SSSR count). The second kappa shape index (κ2) is 4.63. The van der Waals surface area contributed by atoms with E-state index in [1.165, 1.54) is 19.3 Å². The van der Waals surface area contributed by atoms with Crippen LogP contribution in [-0.4, -0.2) is 23.1 Å². The van der Waals surface area contributed by atoms with Gasteiger partial charge in [0.25, 0.3) is 0 Å². The van der Waals surface area contributed by atoms with Crippen molar-refractivity contribution in [2.45, 2.75) is 33.1 Å². The summed E-state index contributed by atoms with van der Waals surface area (Å²) in [4.78, 5) is 12.2. The number of nitrogen functional groups attached to an aromatic ring is 1. The molecule has 3 heterocycles. The van der Waals surface area contributed by atoms with Crippen molar-refractivity contribution in [1.29, 1.82) is 0 Å². The van der Waals surface area contributed by atoms with Crippen LogP contribution in [0.15, 0.2) is 11.4 Å². The highest BCUT2D eigenvalue weighted by molar-refractivity contribution is 7.16. The van der Waals surface area contributed by atoms with E-state index >= 15 is 0 Å². The summed E-state index contributed by atoms with van der Waals surface area (Å²) < 4.78 is 0. The van der Waals surface area contributed by atoms with E-state index in [-0.39, 0.29) is 0 Å². The van der Waals surface area contributed by atoms with Gasteiger partial charge in [0.1, 0.15) is 10.6 Å². The van der Waals surface area contributed by atoms with Gasteiger partial charge in [-0.3, -0.25) is 0 Å². The van der Waals surface area contributed by atoms with Crippen LogP contribution in [0.3, 0.4) is 0 Å². The third kappa shape index (κ3) is 2.06. The number of hydrogen-bond donors (Lipinski definition) is 1. The van der Waals surface area contributed by atoms with Gasteiger partial charge in [0.2, 0.25) is 5.95 Å². The Hall–Kier alpha value is -1.36. The van der Waals surface area contributed by atoms with Gasteiger partial charge in [-0.05, 0) is 36.1 Å². The van der Waals surface area contributed by atoms with Crippen LogP contribution in [0, 0.1) is 5.41 Å². The predicted octanol–water partition coefficient (Wildman–Crippen LogP) is 3.29. The Bertz CT molecular complexity index is 588. The summed E-state index contributed by atoms with van der Waals surface area (Å²) in [6.45, 7) is 6.74. The lowest BCUT2D eigenvalue weighted by molar-refractivity contribution is 0.301. The Morgan fingerprint density at radius 3 is 2.84 bits per heavy atom. The number of nitrogens with zero attached hydrogens (tertiary/aromatic N) is 3. The lowest BCUT2D eigenvalue weighted by atomic mass is 9.82. The highest BCUT2D eigenvalue weighted by Crippen LogP contribution is 2.40. The van der Waals surface area contributed by atoms with Gasteiger partial charge < -0.3 is 10.6 Å². The van der Waals surface area contributed by atoms with Crippen molar-refractivity contribution in [3.8, 4) is 0 Å². The number of anilines is 2. The lowest BCUT2D eigenvalue weighted by Gasteiger charge is -2.27. The van der Waals surface area contributed by atoms with Crippen molar-refractivity contribution in [1.82, 2.24) is 9.97 Å². The summed E-state index contributed by atoms with van der Waals surface area (Å²) in [5.74, 6) is 1.41. The molecular weight excluding hydrogens is 256 g/mol. The fourth-order valence-corrected chi connectivity index (χ4v) is 3.81. The quantitative estimate of drug-likeness (QED) is 0.934. The van der Waals surface area contributed by atoms with Gasteiger partial charge in [-0.1, -0.05) is 13.8 Å². The Labute approximate surface area is 117 Å². The molecule has 0 spiro atoms. The molecule has 0 bridgehead atoms. The van der Waals surface area contributed by atoms with Crippen LogP contribution in [0.5, 0.6) is 0 Å². The van der Waals surface area contributed by atoms with E-state index in [9.17, 15) is 0 Å². The zero-order valence-electron chi connectivity index (χ0n) is 11.5. The molecule has 19 heavy (non-hydrogen) atoms. The highest BCUT2D eigenvalue weighted by atomic mass is 32.1. The van der Waals surface area contributed by atoms with E-state index < -0.39 is 0 Å². The minimum Gasteiger partial charge on any atom is -0.368 e. The number of aromatic nitrogens is 2. The van der Waals surface area contributed by atoms with Gasteiger partial charge in [-0.15, -0.1) is 11.3 Å². The van der Waals surface area contributed by atoms with E-state index in [1.807, 2.05) is 0 Å². The standard InChI is InChI=1S/C14H20N4S/c1-3-14(4-2)6-7-18(9-14)11-10-5-8-19-12(10)17-13(15)16-11/h5,8H,3-4,6-7,9H2,1-2H3,(H2,15,16,17). The Balaban J connectivity index is 1.99. The smallest absolute Gasteiger partial charge is 0.223 e. The molecule has 0 aromatic carbocycles. The number of hydrogen-bond acceptors (Lipinski definition) is 5. The minimum atomic E-state index is 0.385. The minimum absolute atomic E-state index is 0.385. The van der Waals surface area contributed by atoms with E-state index in [0.717, 1.165) is 29.1 Å². The fraction of sp³-hybridized carbons (Fsp3) is 0.571. The predicted molar refractivity (Wildman–Crippen MR) is 81.7 cm³/mol. The molecule has 1 saturated heterocycles. The molecule has 102 valence electrons. The number of fused-ring (bicyclic) bond motifs is 1. The lowest BCUT2D eigenvalue weighted by Crippen LogP contribution is -2.27. The number of rotatable bonds is 3. The number of nitrogens with two attached hydrogens (primary N) is 1. The Morgan fingerprint density at radius 2 is 2.16 bits per heavy atom. The summed E-state index contributed by atoms with van der Waals surface area (Å²) in [6.07, 6.45) is 3.70. The number of thiophene rings is 1. The highest BCUT2D eigenvalue weighted by Gasteiger charge is 2.36. The first kappa shape index (κ1) is 12.7. The van der Waals surface area contributed by atoms with Gasteiger partial charge >= 0.3 is 0 Å².